The molecule has 2 heterocycles. The molecule has 0 aromatic heterocycles. The minimum absolute atomic E-state index is 0.266. The van der Waals surface area contributed by atoms with E-state index >= 15 is 0 Å². The number of ether oxygens (including phenoxy) is 2. The van der Waals surface area contributed by atoms with Gasteiger partial charge in [-0.15, -0.1) is 0 Å². The zero-order valence-electron chi connectivity index (χ0n) is 7.80. The summed E-state index contributed by atoms with van der Waals surface area (Å²) in [6.07, 6.45) is 2.76. The third kappa shape index (κ3) is 1.63. The van der Waals surface area contributed by atoms with Crippen LogP contribution in [0.15, 0.2) is 0 Å². The van der Waals surface area contributed by atoms with Crippen molar-refractivity contribution in [1.29, 1.82) is 0 Å². The molecule has 0 aliphatic carbocycles. The molecule has 0 spiro atoms. The highest BCUT2D eigenvalue weighted by atomic mass is 16.7. The molecule has 0 bridgehead atoms. The van der Waals surface area contributed by atoms with Crippen molar-refractivity contribution in [3.8, 4) is 0 Å². The summed E-state index contributed by atoms with van der Waals surface area (Å²) in [5, 5.41) is 3.43. The Kier molecular flexibility index (Phi) is 2.10. The molecular weight excluding hydrogens is 154 g/mol. The molecule has 2 rings (SSSR count). The van der Waals surface area contributed by atoms with Crippen molar-refractivity contribution in [3.63, 3.8) is 0 Å². The number of nitrogens with one attached hydrogen (secondary N) is 1. The van der Waals surface area contributed by atoms with Gasteiger partial charge in [0.1, 0.15) is 0 Å². The molecule has 12 heavy (non-hydrogen) atoms. The third-order valence-corrected chi connectivity index (χ3v) is 2.58. The lowest BCUT2D eigenvalue weighted by Crippen LogP contribution is -2.37. The van der Waals surface area contributed by atoms with E-state index in [2.05, 4.69) is 5.32 Å². The van der Waals surface area contributed by atoms with Crippen molar-refractivity contribution in [2.75, 3.05) is 13.2 Å². The lowest BCUT2D eigenvalue weighted by molar-refractivity contribution is -0.141. The molecule has 0 radical (unpaired) electrons. The number of hydrogen-bond acceptors (Lipinski definition) is 3. The summed E-state index contributed by atoms with van der Waals surface area (Å²) in [6, 6.07) is 0.520. The van der Waals surface area contributed by atoms with E-state index in [0.29, 0.717) is 6.04 Å². The predicted molar refractivity (Wildman–Crippen MR) is 45.9 cm³/mol. The molecule has 2 aliphatic heterocycles. The van der Waals surface area contributed by atoms with E-state index in [1.54, 1.807) is 0 Å². The van der Waals surface area contributed by atoms with Gasteiger partial charge in [-0.1, -0.05) is 0 Å². The Bertz CT molecular complexity index is 164. The first-order valence-electron chi connectivity index (χ1n) is 4.72. The van der Waals surface area contributed by atoms with Crippen molar-refractivity contribution < 1.29 is 9.47 Å². The molecule has 70 valence electrons. The maximum Gasteiger partial charge on any atom is 0.163 e. The zero-order chi connectivity index (χ0) is 8.60. The van der Waals surface area contributed by atoms with Gasteiger partial charge in [-0.25, -0.2) is 0 Å². The molecule has 0 aromatic rings. The van der Waals surface area contributed by atoms with Crippen LogP contribution in [0.5, 0.6) is 0 Å². The Morgan fingerprint density at radius 1 is 1.42 bits per heavy atom. The van der Waals surface area contributed by atoms with E-state index < -0.39 is 0 Å². The molecule has 0 amide bonds. The quantitative estimate of drug-likeness (QED) is 0.635. The number of hydrogen-bond donors (Lipinski definition) is 1. The minimum Gasteiger partial charge on any atom is -0.348 e. The van der Waals surface area contributed by atoms with Crippen molar-refractivity contribution in [2.24, 2.45) is 0 Å². The fraction of sp³-hybridized carbons (Fsp3) is 1.00. The van der Waals surface area contributed by atoms with Crippen LogP contribution in [-0.4, -0.2) is 31.1 Å². The van der Waals surface area contributed by atoms with Crippen LogP contribution >= 0.6 is 0 Å². The molecule has 0 unspecified atom stereocenters. The van der Waals surface area contributed by atoms with Crippen LogP contribution in [0.4, 0.5) is 0 Å². The maximum absolute atomic E-state index is 5.75. The molecule has 3 heteroatoms. The second-order valence-electron chi connectivity index (χ2n) is 4.07. The maximum atomic E-state index is 5.75. The first kappa shape index (κ1) is 8.48. The van der Waals surface area contributed by atoms with Crippen molar-refractivity contribution in [3.05, 3.63) is 0 Å². The first-order chi connectivity index (χ1) is 5.67. The van der Waals surface area contributed by atoms with Gasteiger partial charge in [0.15, 0.2) is 5.79 Å². The zero-order valence-corrected chi connectivity index (χ0v) is 7.80. The topological polar surface area (TPSA) is 30.5 Å². The summed E-state index contributed by atoms with van der Waals surface area (Å²) in [4.78, 5) is 0. The largest absolute Gasteiger partial charge is 0.348 e. The lowest BCUT2D eigenvalue weighted by atomic mass is 10.1. The van der Waals surface area contributed by atoms with Gasteiger partial charge >= 0.3 is 0 Å². The monoisotopic (exact) mass is 171 g/mol. The summed E-state index contributed by atoms with van der Waals surface area (Å²) in [6.45, 7) is 5.82. The van der Waals surface area contributed by atoms with E-state index in [9.17, 15) is 0 Å². The van der Waals surface area contributed by atoms with Gasteiger partial charge in [0, 0.05) is 6.04 Å². The van der Waals surface area contributed by atoms with Crippen LogP contribution in [0.2, 0.25) is 0 Å². The van der Waals surface area contributed by atoms with Gasteiger partial charge in [-0.3, -0.25) is 0 Å². The van der Waals surface area contributed by atoms with Gasteiger partial charge in [-0.2, -0.15) is 0 Å². The smallest absolute Gasteiger partial charge is 0.163 e. The summed E-state index contributed by atoms with van der Waals surface area (Å²) < 4.78 is 11.3. The van der Waals surface area contributed by atoms with Crippen LogP contribution in [0.1, 0.15) is 26.7 Å². The SMILES string of the molecule is CC1(C)OC[C@H]([C@H]2CCCN2)O1. The molecule has 0 saturated carbocycles. The normalized spacial score (nSPS) is 40.5. The minimum atomic E-state index is -0.366. The standard InChI is InChI=1S/C9H17NO2/c1-9(2)11-6-8(12-9)7-4-3-5-10-7/h7-8,10H,3-6H2,1-2H3/t7-,8-/m1/s1. The molecule has 2 saturated heterocycles. The number of rotatable bonds is 1. The van der Waals surface area contributed by atoms with E-state index in [1.807, 2.05) is 13.8 Å². The van der Waals surface area contributed by atoms with E-state index in [-0.39, 0.29) is 11.9 Å². The highest BCUT2D eigenvalue weighted by Gasteiger charge is 2.37. The van der Waals surface area contributed by atoms with Crippen LogP contribution in [0.25, 0.3) is 0 Å². The lowest BCUT2D eigenvalue weighted by Gasteiger charge is -2.20. The van der Waals surface area contributed by atoms with Crippen LogP contribution in [-0.2, 0) is 9.47 Å². The Morgan fingerprint density at radius 3 is 2.75 bits per heavy atom. The Labute approximate surface area is 73.4 Å². The fourth-order valence-corrected chi connectivity index (χ4v) is 1.94. The molecule has 2 atom stereocenters. The average Bonchev–Trinajstić information content (AvgIpc) is 2.55. The molecule has 0 aromatic carbocycles. The Hall–Kier alpha value is -0.120. The van der Waals surface area contributed by atoms with Crippen LogP contribution < -0.4 is 5.32 Å². The van der Waals surface area contributed by atoms with Crippen molar-refractivity contribution in [1.82, 2.24) is 5.32 Å². The van der Waals surface area contributed by atoms with Gasteiger partial charge in [0.05, 0.1) is 12.7 Å². The van der Waals surface area contributed by atoms with Crippen molar-refractivity contribution >= 4 is 0 Å². The second-order valence-corrected chi connectivity index (χ2v) is 4.07. The van der Waals surface area contributed by atoms with Crippen LogP contribution in [0, 0.1) is 0 Å². The molecule has 2 fully saturated rings. The molecule has 1 N–H and O–H groups in total. The Balaban J connectivity index is 1.90. The summed E-state index contributed by atoms with van der Waals surface area (Å²) in [5.74, 6) is -0.366. The van der Waals surface area contributed by atoms with Crippen LogP contribution in [0.3, 0.4) is 0 Å². The van der Waals surface area contributed by atoms with Gasteiger partial charge < -0.3 is 14.8 Å². The van der Waals surface area contributed by atoms with Gasteiger partial charge in [0.25, 0.3) is 0 Å². The molecular formula is C9H17NO2. The molecule has 2 aliphatic rings. The highest BCUT2D eigenvalue weighted by molar-refractivity contribution is 4.86. The van der Waals surface area contributed by atoms with Crippen molar-refractivity contribution in [2.45, 2.75) is 44.6 Å². The predicted octanol–water partition coefficient (Wildman–Crippen LogP) is 0.890. The summed E-state index contributed by atoms with van der Waals surface area (Å²) in [7, 11) is 0. The molecule has 3 nitrogen and oxygen atoms in total. The highest BCUT2D eigenvalue weighted by Crippen LogP contribution is 2.26. The second kappa shape index (κ2) is 2.98. The summed E-state index contributed by atoms with van der Waals surface area (Å²) >= 11 is 0. The van der Waals surface area contributed by atoms with E-state index in [0.717, 1.165) is 13.2 Å². The van der Waals surface area contributed by atoms with Gasteiger partial charge in [-0.05, 0) is 33.2 Å². The van der Waals surface area contributed by atoms with E-state index in [1.165, 1.54) is 12.8 Å². The summed E-state index contributed by atoms with van der Waals surface area (Å²) in [5.41, 5.74) is 0. The van der Waals surface area contributed by atoms with E-state index in [4.69, 9.17) is 9.47 Å². The Morgan fingerprint density at radius 2 is 2.25 bits per heavy atom. The van der Waals surface area contributed by atoms with Gasteiger partial charge in [0.2, 0.25) is 0 Å². The third-order valence-electron chi connectivity index (χ3n) is 2.58. The first-order valence-corrected chi connectivity index (χ1v) is 4.72. The average molecular weight is 171 g/mol. The fourth-order valence-electron chi connectivity index (χ4n) is 1.94.